The van der Waals surface area contributed by atoms with Gasteiger partial charge in [-0.15, -0.1) is 0 Å². The van der Waals surface area contributed by atoms with Crippen LogP contribution in [0.3, 0.4) is 0 Å². The van der Waals surface area contributed by atoms with Crippen molar-refractivity contribution in [1.29, 1.82) is 0 Å². The average molecular weight is 402 g/mol. The lowest BCUT2D eigenvalue weighted by atomic mass is 9.87. The van der Waals surface area contributed by atoms with E-state index in [4.69, 9.17) is 20.4 Å². The second-order valence-electron chi connectivity index (χ2n) is 7.07. The average Bonchev–Trinajstić information content (AvgIpc) is 2.61. The molecule has 0 radical (unpaired) electrons. The SMILES string of the molecule is O=C(O)CCN(CCC(=O)O)C1CCCCC1N(CCC(=O)O)CCC(=O)O. The van der Waals surface area contributed by atoms with Gasteiger partial charge in [-0.2, -0.15) is 0 Å². The summed E-state index contributed by atoms with van der Waals surface area (Å²) in [5, 5.41) is 36.1. The first-order valence-corrected chi connectivity index (χ1v) is 9.56. The van der Waals surface area contributed by atoms with E-state index in [1.54, 1.807) is 0 Å². The van der Waals surface area contributed by atoms with Gasteiger partial charge in [0.2, 0.25) is 0 Å². The number of carbonyl (C=O) groups is 4. The first-order valence-electron chi connectivity index (χ1n) is 9.56. The van der Waals surface area contributed by atoms with Crippen LogP contribution in [0.1, 0.15) is 51.4 Å². The Morgan fingerprint density at radius 1 is 0.571 bits per heavy atom. The first kappa shape index (κ1) is 23.8. The molecule has 160 valence electrons. The summed E-state index contributed by atoms with van der Waals surface area (Å²) >= 11 is 0. The minimum Gasteiger partial charge on any atom is -0.481 e. The van der Waals surface area contributed by atoms with E-state index in [0.717, 1.165) is 25.7 Å². The van der Waals surface area contributed by atoms with Crippen LogP contribution in [-0.4, -0.2) is 92.4 Å². The number of carboxylic acids is 4. The molecule has 1 aliphatic rings. The molecule has 10 nitrogen and oxygen atoms in total. The summed E-state index contributed by atoms with van der Waals surface area (Å²) in [6.07, 6.45) is 2.81. The zero-order valence-electron chi connectivity index (χ0n) is 16.0. The first-order chi connectivity index (χ1) is 13.2. The van der Waals surface area contributed by atoms with Gasteiger partial charge in [0, 0.05) is 38.3 Å². The van der Waals surface area contributed by atoms with Crippen molar-refractivity contribution in [3.05, 3.63) is 0 Å². The van der Waals surface area contributed by atoms with Crippen molar-refractivity contribution in [2.45, 2.75) is 63.5 Å². The minimum absolute atomic E-state index is 0.118. The van der Waals surface area contributed by atoms with Gasteiger partial charge < -0.3 is 20.4 Å². The Hall–Kier alpha value is -2.20. The molecule has 0 bridgehead atoms. The van der Waals surface area contributed by atoms with Crippen molar-refractivity contribution in [1.82, 2.24) is 9.80 Å². The molecule has 2 atom stereocenters. The van der Waals surface area contributed by atoms with Crippen LogP contribution in [0.15, 0.2) is 0 Å². The lowest BCUT2D eigenvalue weighted by Crippen LogP contribution is -2.55. The van der Waals surface area contributed by atoms with Gasteiger partial charge in [0.05, 0.1) is 25.7 Å². The molecule has 4 N–H and O–H groups in total. The lowest BCUT2D eigenvalue weighted by Gasteiger charge is -2.45. The Bertz CT molecular complexity index is 470. The van der Waals surface area contributed by atoms with Crippen molar-refractivity contribution >= 4 is 23.9 Å². The molecule has 0 heterocycles. The Kier molecular flexibility index (Phi) is 10.5. The standard InChI is InChI=1S/C18H30N2O8/c21-15(22)5-9-19(10-6-16(23)24)13-3-1-2-4-14(13)20(11-7-17(25)26)12-8-18(27)28/h13-14H,1-12H2,(H,21,22)(H,23,24)(H,25,26)(H,27,28). The lowest BCUT2D eigenvalue weighted by molar-refractivity contribution is -0.140. The van der Waals surface area contributed by atoms with Crippen molar-refractivity contribution in [3.63, 3.8) is 0 Å². The van der Waals surface area contributed by atoms with Crippen LogP contribution < -0.4 is 0 Å². The minimum atomic E-state index is -0.971. The highest BCUT2D eigenvalue weighted by atomic mass is 16.4. The van der Waals surface area contributed by atoms with Crippen LogP contribution in [0.2, 0.25) is 0 Å². The third-order valence-electron chi connectivity index (χ3n) is 5.08. The summed E-state index contributed by atoms with van der Waals surface area (Å²) in [7, 11) is 0. The van der Waals surface area contributed by atoms with Crippen LogP contribution in [0.25, 0.3) is 0 Å². The van der Waals surface area contributed by atoms with Crippen LogP contribution in [0, 0.1) is 0 Å². The predicted octanol–water partition coefficient (Wildman–Crippen LogP) is 0.800. The van der Waals surface area contributed by atoms with E-state index in [-0.39, 0.29) is 63.9 Å². The van der Waals surface area contributed by atoms with Crippen LogP contribution in [0.5, 0.6) is 0 Å². The van der Waals surface area contributed by atoms with E-state index >= 15 is 0 Å². The second-order valence-corrected chi connectivity index (χ2v) is 7.07. The summed E-state index contributed by atoms with van der Waals surface area (Å²) in [5.41, 5.74) is 0. The number of hydrogen-bond acceptors (Lipinski definition) is 6. The highest BCUT2D eigenvalue weighted by molar-refractivity contribution is 5.68. The molecule has 0 aromatic carbocycles. The van der Waals surface area contributed by atoms with Crippen molar-refractivity contribution < 1.29 is 39.6 Å². The Balaban J connectivity index is 2.97. The largest absolute Gasteiger partial charge is 0.481 e. The van der Waals surface area contributed by atoms with E-state index in [2.05, 4.69) is 0 Å². The Morgan fingerprint density at radius 3 is 1.04 bits per heavy atom. The Morgan fingerprint density at radius 2 is 0.821 bits per heavy atom. The smallest absolute Gasteiger partial charge is 0.304 e. The molecule has 0 aromatic rings. The highest BCUT2D eigenvalue weighted by Gasteiger charge is 2.34. The van der Waals surface area contributed by atoms with Crippen LogP contribution in [-0.2, 0) is 19.2 Å². The number of aliphatic carboxylic acids is 4. The molecule has 0 spiro atoms. The number of rotatable bonds is 14. The third kappa shape index (κ3) is 9.14. The van der Waals surface area contributed by atoms with E-state index in [0.29, 0.717) is 0 Å². The van der Waals surface area contributed by atoms with Crippen LogP contribution in [0.4, 0.5) is 0 Å². The zero-order chi connectivity index (χ0) is 21.1. The summed E-state index contributed by atoms with van der Waals surface area (Å²) in [6, 6.07) is -0.259. The molecule has 10 heteroatoms. The number of carboxylic acid groups (broad SMARTS) is 4. The maximum atomic E-state index is 11.0. The van der Waals surface area contributed by atoms with Gasteiger partial charge in [-0.25, -0.2) is 0 Å². The van der Waals surface area contributed by atoms with Gasteiger partial charge in [0.1, 0.15) is 0 Å². The van der Waals surface area contributed by atoms with E-state index < -0.39 is 23.9 Å². The fourth-order valence-corrected chi connectivity index (χ4v) is 3.79. The summed E-state index contributed by atoms with van der Waals surface area (Å²) in [4.78, 5) is 47.8. The highest BCUT2D eigenvalue weighted by Crippen LogP contribution is 2.28. The van der Waals surface area contributed by atoms with E-state index in [1.165, 1.54) is 0 Å². The fraction of sp³-hybridized carbons (Fsp3) is 0.778. The molecule has 1 fully saturated rings. The quantitative estimate of drug-likeness (QED) is 0.328. The van der Waals surface area contributed by atoms with Gasteiger partial charge in [-0.1, -0.05) is 12.8 Å². The van der Waals surface area contributed by atoms with E-state index in [1.807, 2.05) is 9.80 Å². The molecule has 2 unspecified atom stereocenters. The molecule has 0 amide bonds. The summed E-state index contributed by atoms with van der Waals surface area (Å²) in [5.74, 6) is -3.88. The van der Waals surface area contributed by atoms with Gasteiger partial charge >= 0.3 is 23.9 Å². The topological polar surface area (TPSA) is 156 Å². The Labute approximate surface area is 163 Å². The van der Waals surface area contributed by atoms with E-state index in [9.17, 15) is 19.2 Å². The van der Waals surface area contributed by atoms with Crippen molar-refractivity contribution in [3.8, 4) is 0 Å². The summed E-state index contributed by atoms with van der Waals surface area (Å²) < 4.78 is 0. The fourth-order valence-electron chi connectivity index (χ4n) is 3.79. The monoisotopic (exact) mass is 402 g/mol. The predicted molar refractivity (Wildman–Crippen MR) is 98.2 cm³/mol. The molecule has 0 saturated heterocycles. The molecule has 0 aromatic heterocycles. The van der Waals surface area contributed by atoms with Crippen LogP contribution >= 0.6 is 0 Å². The molecule has 1 aliphatic carbocycles. The maximum absolute atomic E-state index is 11.0. The van der Waals surface area contributed by atoms with Gasteiger partial charge in [-0.3, -0.25) is 29.0 Å². The zero-order valence-corrected chi connectivity index (χ0v) is 16.0. The van der Waals surface area contributed by atoms with Gasteiger partial charge in [0.25, 0.3) is 0 Å². The normalized spacial score (nSPS) is 19.6. The molecular formula is C18H30N2O8. The number of nitrogens with zero attached hydrogens (tertiary/aromatic N) is 2. The van der Waals surface area contributed by atoms with Gasteiger partial charge in [0.15, 0.2) is 0 Å². The maximum Gasteiger partial charge on any atom is 0.304 e. The van der Waals surface area contributed by atoms with Crippen molar-refractivity contribution in [2.75, 3.05) is 26.2 Å². The molecule has 1 rings (SSSR count). The molecular weight excluding hydrogens is 372 g/mol. The van der Waals surface area contributed by atoms with Gasteiger partial charge in [-0.05, 0) is 12.8 Å². The van der Waals surface area contributed by atoms with Crippen molar-refractivity contribution in [2.24, 2.45) is 0 Å². The number of hydrogen-bond donors (Lipinski definition) is 4. The second kappa shape index (κ2) is 12.3. The summed E-state index contributed by atoms with van der Waals surface area (Å²) in [6.45, 7) is 0.815. The molecule has 28 heavy (non-hydrogen) atoms. The molecule has 1 saturated carbocycles. The molecule has 0 aliphatic heterocycles. The third-order valence-corrected chi connectivity index (χ3v) is 5.08.